The van der Waals surface area contributed by atoms with Gasteiger partial charge in [-0.25, -0.2) is 4.99 Å². The monoisotopic (exact) mass is 297 g/mol. The van der Waals surface area contributed by atoms with Crippen molar-refractivity contribution >= 4 is 28.8 Å². The molecule has 2 aliphatic rings. The maximum Gasteiger partial charge on any atom is 0.165 e. The van der Waals surface area contributed by atoms with Crippen LogP contribution in [-0.4, -0.2) is 9.76 Å². The number of halogens is 1. The predicted octanol–water partition coefficient (Wildman–Crippen LogP) is 3.17. The number of aliphatic imine (C=N–C) groups is 1. The largest absolute Gasteiger partial charge is 0.247 e. The number of fused-ring (bicyclic) bond motifs is 1. The standard InChI is InChI=1S/C10H8IN3/c1-10(11)7-12-8-5-3-2-4-6-9(8)13-14-10/h2-4,6-7H,1H3. The van der Waals surface area contributed by atoms with E-state index in [-0.39, 0.29) is 3.55 Å². The first-order valence-electron chi connectivity index (χ1n) is 4.18. The lowest BCUT2D eigenvalue weighted by Gasteiger charge is -2.04. The Morgan fingerprint density at radius 1 is 1.43 bits per heavy atom. The van der Waals surface area contributed by atoms with Crippen LogP contribution in [0.3, 0.4) is 0 Å². The first kappa shape index (κ1) is 9.55. The molecule has 1 heterocycles. The molecule has 1 aliphatic carbocycles. The molecule has 1 aliphatic heterocycles. The Balaban J connectivity index is 2.53. The van der Waals surface area contributed by atoms with Gasteiger partial charge in [0.1, 0.15) is 11.4 Å². The molecule has 0 N–H and O–H groups in total. The van der Waals surface area contributed by atoms with Crippen LogP contribution < -0.4 is 0 Å². The second-order valence-electron chi connectivity index (χ2n) is 3.08. The second-order valence-corrected chi connectivity index (χ2v) is 5.26. The van der Waals surface area contributed by atoms with E-state index in [0.29, 0.717) is 0 Å². The zero-order valence-electron chi connectivity index (χ0n) is 7.61. The second kappa shape index (κ2) is 3.63. The zero-order chi connectivity index (χ0) is 10.0. The molecule has 1 unspecified atom stereocenters. The number of hydrogen-bond acceptors (Lipinski definition) is 3. The highest BCUT2D eigenvalue weighted by Crippen LogP contribution is 2.25. The van der Waals surface area contributed by atoms with Gasteiger partial charge >= 0.3 is 0 Å². The number of azo groups is 1. The molecular weight excluding hydrogens is 289 g/mol. The lowest BCUT2D eigenvalue weighted by Crippen LogP contribution is -2.11. The van der Waals surface area contributed by atoms with Crippen molar-refractivity contribution in [1.29, 1.82) is 0 Å². The summed E-state index contributed by atoms with van der Waals surface area (Å²) in [7, 11) is 0. The van der Waals surface area contributed by atoms with E-state index < -0.39 is 0 Å². The highest BCUT2D eigenvalue weighted by atomic mass is 127. The van der Waals surface area contributed by atoms with Crippen molar-refractivity contribution in [2.45, 2.75) is 10.5 Å². The van der Waals surface area contributed by atoms with E-state index in [2.05, 4.69) is 43.5 Å². The van der Waals surface area contributed by atoms with Gasteiger partial charge in [-0.15, -0.1) is 0 Å². The Labute approximate surface area is 95.9 Å². The van der Waals surface area contributed by atoms with Gasteiger partial charge in [-0.2, -0.15) is 10.2 Å². The summed E-state index contributed by atoms with van der Waals surface area (Å²) in [4.78, 5) is 4.30. The summed E-state index contributed by atoms with van der Waals surface area (Å²) in [5.41, 5.74) is 4.53. The van der Waals surface area contributed by atoms with Gasteiger partial charge in [0.2, 0.25) is 0 Å². The van der Waals surface area contributed by atoms with Crippen LogP contribution >= 0.6 is 22.6 Å². The molecule has 0 saturated carbocycles. The van der Waals surface area contributed by atoms with Gasteiger partial charge in [0.05, 0.1) is 0 Å². The first-order valence-corrected chi connectivity index (χ1v) is 5.26. The lowest BCUT2D eigenvalue weighted by molar-refractivity contribution is 0.874. The third-order valence-electron chi connectivity index (χ3n) is 1.71. The number of hydrogen-bond donors (Lipinski definition) is 0. The molecular formula is C10H8IN3. The van der Waals surface area contributed by atoms with Crippen LogP contribution in [0.2, 0.25) is 0 Å². The average Bonchev–Trinajstić information content (AvgIpc) is 2.42. The summed E-state index contributed by atoms with van der Waals surface area (Å²) in [6.45, 7) is 1.95. The van der Waals surface area contributed by atoms with Crippen LogP contribution in [0.25, 0.3) is 0 Å². The van der Waals surface area contributed by atoms with Crippen LogP contribution in [0.4, 0.5) is 0 Å². The Hall–Kier alpha value is -1.00. The Kier molecular flexibility index (Phi) is 2.48. The molecule has 4 heteroatoms. The van der Waals surface area contributed by atoms with Crippen molar-refractivity contribution in [1.82, 2.24) is 0 Å². The Morgan fingerprint density at radius 3 is 3.14 bits per heavy atom. The SMILES string of the molecule is CC1(I)C=NC2=C=CC=CC=C2N=N1. The van der Waals surface area contributed by atoms with Crippen molar-refractivity contribution in [2.24, 2.45) is 15.2 Å². The van der Waals surface area contributed by atoms with Crippen molar-refractivity contribution in [3.63, 3.8) is 0 Å². The highest BCUT2D eigenvalue weighted by Gasteiger charge is 2.19. The minimum atomic E-state index is -0.358. The van der Waals surface area contributed by atoms with E-state index in [0.717, 1.165) is 11.4 Å². The van der Waals surface area contributed by atoms with Gasteiger partial charge in [-0.3, -0.25) is 0 Å². The van der Waals surface area contributed by atoms with Crippen LogP contribution in [0.1, 0.15) is 6.92 Å². The summed E-state index contributed by atoms with van der Waals surface area (Å²) in [6.07, 6.45) is 9.27. The van der Waals surface area contributed by atoms with E-state index in [4.69, 9.17) is 0 Å². The lowest BCUT2D eigenvalue weighted by atomic mass is 10.3. The summed E-state index contributed by atoms with van der Waals surface area (Å²) in [6, 6.07) is 0. The molecule has 0 amide bonds. The van der Waals surface area contributed by atoms with Crippen LogP contribution in [0.5, 0.6) is 0 Å². The molecule has 0 saturated heterocycles. The summed E-state index contributed by atoms with van der Waals surface area (Å²) in [5.74, 6) is 0. The minimum absolute atomic E-state index is 0.358. The van der Waals surface area contributed by atoms with E-state index in [9.17, 15) is 0 Å². The number of allylic oxidation sites excluding steroid dienone is 3. The third-order valence-corrected chi connectivity index (χ3v) is 2.20. The molecule has 70 valence electrons. The maximum atomic E-state index is 4.30. The summed E-state index contributed by atoms with van der Waals surface area (Å²) < 4.78 is -0.358. The molecule has 2 rings (SSSR count). The molecule has 0 spiro atoms. The first-order chi connectivity index (χ1) is 6.67. The predicted molar refractivity (Wildman–Crippen MR) is 64.6 cm³/mol. The molecule has 0 aromatic carbocycles. The molecule has 0 aromatic heterocycles. The van der Waals surface area contributed by atoms with Crippen LogP contribution in [0, 0.1) is 0 Å². The fraction of sp³-hybridized carbons (Fsp3) is 0.200. The van der Waals surface area contributed by atoms with Gasteiger partial charge in [-0.05, 0) is 41.7 Å². The molecule has 3 nitrogen and oxygen atoms in total. The molecule has 0 bridgehead atoms. The third kappa shape index (κ3) is 2.08. The van der Waals surface area contributed by atoms with E-state index in [1.165, 1.54) is 0 Å². The Morgan fingerprint density at radius 2 is 2.29 bits per heavy atom. The summed E-state index contributed by atoms with van der Waals surface area (Å²) >= 11 is 2.19. The smallest absolute Gasteiger partial charge is 0.165 e. The van der Waals surface area contributed by atoms with Gasteiger partial charge in [0, 0.05) is 6.21 Å². The van der Waals surface area contributed by atoms with E-state index in [1.54, 1.807) is 6.21 Å². The minimum Gasteiger partial charge on any atom is -0.247 e. The van der Waals surface area contributed by atoms with Gasteiger partial charge in [-0.1, -0.05) is 17.9 Å². The zero-order valence-corrected chi connectivity index (χ0v) is 9.76. The topological polar surface area (TPSA) is 37.1 Å². The number of nitrogens with zero attached hydrogens (tertiary/aromatic N) is 3. The van der Waals surface area contributed by atoms with Crippen molar-refractivity contribution in [2.75, 3.05) is 0 Å². The van der Waals surface area contributed by atoms with Crippen molar-refractivity contribution in [3.05, 3.63) is 41.4 Å². The van der Waals surface area contributed by atoms with Gasteiger partial charge in [0.25, 0.3) is 0 Å². The fourth-order valence-electron chi connectivity index (χ4n) is 1.03. The van der Waals surface area contributed by atoms with Crippen molar-refractivity contribution < 1.29 is 0 Å². The molecule has 1 atom stereocenters. The van der Waals surface area contributed by atoms with Crippen LogP contribution in [-0.2, 0) is 0 Å². The van der Waals surface area contributed by atoms with E-state index >= 15 is 0 Å². The van der Waals surface area contributed by atoms with Gasteiger partial charge < -0.3 is 0 Å². The van der Waals surface area contributed by atoms with Crippen molar-refractivity contribution in [3.8, 4) is 0 Å². The number of rotatable bonds is 0. The normalized spacial score (nSPS) is 29.0. The fourth-order valence-corrected chi connectivity index (χ4v) is 1.27. The van der Waals surface area contributed by atoms with E-state index in [1.807, 2.05) is 31.2 Å². The highest BCUT2D eigenvalue weighted by molar-refractivity contribution is 14.1. The molecule has 0 fully saturated rings. The van der Waals surface area contributed by atoms with Crippen LogP contribution in [0.15, 0.2) is 56.7 Å². The summed E-state index contributed by atoms with van der Waals surface area (Å²) in [5, 5.41) is 8.31. The molecule has 0 radical (unpaired) electrons. The molecule has 14 heavy (non-hydrogen) atoms. The quantitative estimate of drug-likeness (QED) is 0.285. The number of alkyl halides is 1. The Bertz CT molecular complexity index is 432. The average molecular weight is 297 g/mol. The van der Waals surface area contributed by atoms with Gasteiger partial charge in [0.15, 0.2) is 3.55 Å². The molecule has 0 aromatic rings. The maximum absolute atomic E-state index is 4.30.